The molecule has 7 nitrogen and oxygen atoms in total. The monoisotopic (exact) mass is 391 g/mol. The first-order valence-electron chi connectivity index (χ1n) is 10.3. The molecule has 1 atom stereocenters. The van der Waals surface area contributed by atoms with Gasteiger partial charge >= 0.3 is 0 Å². The van der Waals surface area contributed by atoms with E-state index in [4.69, 9.17) is 4.52 Å². The van der Waals surface area contributed by atoms with Gasteiger partial charge in [-0.05, 0) is 19.4 Å². The molecule has 2 saturated heterocycles. The zero-order valence-corrected chi connectivity index (χ0v) is 16.6. The summed E-state index contributed by atoms with van der Waals surface area (Å²) in [6, 6.07) is 12.2. The molecule has 0 aliphatic carbocycles. The zero-order valence-electron chi connectivity index (χ0n) is 16.6. The predicted octanol–water partition coefficient (Wildman–Crippen LogP) is 2.32. The van der Waals surface area contributed by atoms with E-state index in [1.165, 1.54) is 0 Å². The van der Waals surface area contributed by atoms with Crippen molar-refractivity contribution in [3.63, 3.8) is 0 Å². The van der Waals surface area contributed by atoms with E-state index in [0.29, 0.717) is 23.0 Å². The van der Waals surface area contributed by atoms with Crippen LogP contribution in [-0.2, 0) is 0 Å². The van der Waals surface area contributed by atoms with Gasteiger partial charge in [-0.2, -0.15) is 0 Å². The highest BCUT2D eigenvalue weighted by molar-refractivity contribution is 6.07. The number of nitrogens with zero attached hydrogens (tertiary/aromatic N) is 4. The van der Waals surface area contributed by atoms with Crippen molar-refractivity contribution in [3.05, 3.63) is 47.7 Å². The van der Waals surface area contributed by atoms with E-state index in [1.54, 1.807) is 0 Å². The number of aryl methyl sites for hydroxylation is 1. The lowest BCUT2D eigenvalue weighted by Crippen LogP contribution is -2.49. The number of hydrogen-bond donors (Lipinski definition) is 1. The maximum absolute atomic E-state index is 13.5. The molecular formula is C22H25N5O2. The Kier molecular flexibility index (Phi) is 4.77. The van der Waals surface area contributed by atoms with E-state index in [-0.39, 0.29) is 5.91 Å². The Morgan fingerprint density at radius 2 is 1.97 bits per heavy atom. The molecule has 2 aliphatic heterocycles. The number of pyridine rings is 1. The van der Waals surface area contributed by atoms with Crippen molar-refractivity contribution < 1.29 is 9.32 Å². The third-order valence-electron chi connectivity index (χ3n) is 6.04. The van der Waals surface area contributed by atoms with E-state index in [0.717, 1.165) is 62.3 Å². The minimum atomic E-state index is 0.0403. The SMILES string of the molecule is Cc1noc2nc(-c3ccccc3)cc(C(=O)N3CCC(N4CCNCC4)C3)c12. The number of piperazine rings is 1. The summed E-state index contributed by atoms with van der Waals surface area (Å²) in [6.45, 7) is 7.56. The van der Waals surface area contributed by atoms with E-state index < -0.39 is 0 Å². The molecule has 1 unspecified atom stereocenters. The van der Waals surface area contributed by atoms with Crippen LogP contribution in [0, 0.1) is 6.92 Å². The van der Waals surface area contributed by atoms with E-state index in [2.05, 4.69) is 20.4 Å². The molecule has 1 N–H and O–H groups in total. The lowest BCUT2D eigenvalue weighted by Gasteiger charge is -2.32. The zero-order chi connectivity index (χ0) is 19.8. The van der Waals surface area contributed by atoms with Crippen LogP contribution in [0.5, 0.6) is 0 Å². The van der Waals surface area contributed by atoms with Gasteiger partial charge in [-0.1, -0.05) is 35.5 Å². The Hall–Kier alpha value is -2.77. The van der Waals surface area contributed by atoms with Crippen LogP contribution < -0.4 is 5.32 Å². The quantitative estimate of drug-likeness (QED) is 0.739. The highest BCUT2D eigenvalue weighted by Crippen LogP contribution is 2.29. The summed E-state index contributed by atoms with van der Waals surface area (Å²) in [5, 5.41) is 8.18. The summed E-state index contributed by atoms with van der Waals surface area (Å²) in [5.74, 6) is 0.0403. The van der Waals surface area contributed by atoms with Crippen molar-refractivity contribution in [2.24, 2.45) is 0 Å². The summed E-state index contributed by atoms with van der Waals surface area (Å²) in [5.41, 5.74) is 3.44. The van der Waals surface area contributed by atoms with Crippen molar-refractivity contribution in [1.29, 1.82) is 0 Å². The molecule has 0 saturated carbocycles. The Balaban J connectivity index is 1.47. The normalized spacial score (nSPS) is 20.4. The lowest BCUT2D eigenvalue weighted by molar-refractivity contribution is 0.0775. The van der Waals surface area contributed by atoms with Gasteiger partial charge < -0.3 is 14.7 Å². The molecule has 3 aromatic rings. The van der Waals surface area contributed by atoms with Crippen molar-refractivity contribution in [3.8, 4) is 11.3 Å². The van der Waals surface area contributed by atoms with Crippen LogP contribution >= 0.6 is 0 Å². The number of likely N-dealkylation sites (tertiary alicyclic amines) is 1. The topological polar surface area (TPSA) is 74.5 Å². The first-order chi connectivity index (χ1) is 14.2. The fourth-order valence-electron chi connectivity index (χ4n) is 4.46. The largest absolute Gasteiger partial charge is 0.337 e. The van der Waals surface area contributed by atoms with Gasteiger partial charge in [-0.3, -0.25) is 9.69 Å². The van der Waals surface area contributed by atoms with Crippen LogP contribution in [0.3, 0.4) is 0 Å². The predicted molar refractivity (Wildman–Crippen MR) is 111 cm³/mol. The van der Waals surface area contributed by atoms with Crippen LogP contribution in [0.25, 0.3) is 22.4 Å². The highest BCUT2D eigenvalue weighted by Gasteiger charge is 2.33. The van der Waals surface area contributed by atoms with Crippen LogP contribution in [0.4, 0.5) is 0 Å². The molecule has 1 amide bonds. The molecule has 29 heavy (non-hydrogen) atoms. The van der Waals surface area contributed by atoms with Gasteiger partial charge in [0.15, 0.2) is 0 Å². The molecule has 2 aromatic heterocycles. The Morgan fingerprint density at radius 3 is 2.76 bits per heavy atom. The number of hydrogen-bond acceptors (Lipinski definition) is 6. The average molecular weight is 391 g/mol. The number of rotatable bonds is 3. The Labute approximate surface area is 169 Å². The van der Waals surface area contributed by atoms with Crippen molar-refractivity contribution >= 4 is 17.0 Å². The first-order valence-corrected chi connectivity index (χ1v) is 10.3. The van der Waals surface area contributed by atoms with Gasteiger partial charge in [-0.25, -0.2) is 4.98 Å². The molecule has 2 fully saturated rings. The first kappa shape index (κ1) is 18.3. The number of amides is 1. The fraction of sp³-hybridized carbons (Fsp3) is 0.409. The number of carbonyl (C=O) groups excluding carboxylic acids is 1. The lowest BCUT2D eigenvalue weighted by atomic mass is 10.0. The summed E-state index contributed by atoms with van der Waals surface area (Å²) < 4.78 is 5.43. The minimum absolute atomic E-state index is 0.0403. The van der Waals surface area contributed by atoms with Crippen LogP contribution in [-0.4, -0.2) is 71.2 Å². The number of aromatic nitrogens is 2. The number of nitrogens with one attached hydrogen (secondary N) is 1. The van der Waals surface area contributed by atoms with Crippen LogP contribution in [0.15, 0.2) is 40.9 Å². The third kappa shape index (κ3) is 3.41. The molecule has 1 aromatic carbocycles. The Bertz CT molecular complexity index is 1030. The molecular weight excluding hydrogens is 366 g/mol. The molecule has 2 aliphatic rings. The van der Waals surface area contributed by atoms with Gasteiger partial charge in [0.1, 0.15) is 0 Å². The smallest absolute Gasteiger partial charge is 0.259 e. The van der Waals surface area contributed by atoms with Crippen molar-refractivity contribution in [2.75, 3.05) is 39.3 Å². The second-order valence-electron chi connectivity index (χ2n) is 7.85. The third-order valence-corrected chi connectivity index (χ3v) is 6.04. The molecule has 4 heterocycles. The summed E-state index contributed by atoms with van der Waals surface area (Å²) in [4.78, 5) is 22.6. The summed E-state index contributed by atoms with van der Waals surface area (Å²) in [6.07, 6.45) is 1.02. The van der Waals surface area contributed by atoms with E-state index >= 15 is 0 Å². The molecule has 0 bridgehead atoms. The summed E-state index contributed by atoms with van der Waals surface area (Å²) in [7, 11) is 0. The molecule has 150 valence electrons. The van der Waals surface area contributed by atoms with Crippen LogP contribution in [0.1, 0.15) is 22.5 Å². The second-order valence-corrected chi connectivity index (χ2v) is 7.85. The standard InChI is InChI=1S/C22H25N5O2/c1-15-20-18(13-19(24-21(20)29-25-15)16-5-3-2-4-6-16)22(28)27-10-7-17(14-27)26-11-8-23-9-12-26/h2-6,13,17,23H,7-12,14H2,1H3. The summed E-state index contributed by atoms with van der Waals surface area (Å²) >= 11 is 0. The minimum Gasteiger partial charge on any atom is -0.337 e. The number of carbonyl (C=O) groups is 1. The van der Waals surface area contributed by atoms with E-state index in [1.807, 2.05) is 48.2 Å². The van der Waals surface area contributed by atoms with E-state index in [9.17, 15) is 4.79 Å². The van der Waals surface area contributed by atoms with Gasteiger partial charge in [0, 0.05) is 50.9 Å². The molecule has 7 heteroatoms. The second kappa shape index (κ2) is 7.57. The van der Waals surface area contributed by atoms with Crippen molar-refractivity contribution in [1.82, 2.24) is 25.3 Å². The van der Waals surface area contributed by atoms with Gasteiger partial charge in [0.05, 0.1) is 22.3 Å². The molecule has 0 spiro atoms. The van der Waals surface area contributed by atoms with Gasteiger partial charge in [0.2, 0.25) is 0 Å². The maximum Gasteiger partial charge on any atom is 0.259 e. The fourth-order valence-corrected chi connectivity index (χ4v) is 4.46. The Morgan fingerprint density at radius 1 is 1.17 bits per heavy atom. The molecule has 5 rings (SSSR count). The van der Waals surface area contributed by atoms with Gasteiger partial charge in [-0.15, -0.1) is 0 Å². The van der Waals surface area contributed by atoms with Crippen molar-refractivity contribution in [2.45, 2.75) is 19.4 Å². The average Bonchev–Trinajstić information content (AvgIpc) is 3.41. The maximum atomic E-state index is 13.5. The molecule has 0 radical (unpaired) electrons. The van der Waals surface area contributed by atoms with Crippen LogP contribution in [0.2, 0.25) is 0 Å². The van der Waals surface area contributed by atoms with Gasteiger partial charge in [0.25, 0.3) is 11.6 Å². The number of benzene rings is 1. The highest BCUT2D eigenvalue weighted by atomic mass is 16.5. The number of fused-ring (bicyclic) bond motifs is 1.